The van der Waals surface area contributed by atoms with Gasteiger partial charge in [-0.15, -0.1) is 0 Å². The van der Waals surface area contributed by atoms with E-state index < -0.39 is 6.29 Å². The summed E-state index contributed by atoms with van der Waals surface area (Å²) >= 11 is 0. The predicted molar refractivity (Wildman–Crippen MR) is 51.2 cm³/mol. The third kappa shape index (κ3) is 2.05. The molecule has 0 bridgehead atoms. The van der Waals surface area contributed by atoms with Crippen molar-refractivity contribution in [3.05, 3.63) is 0 Å². The summed E-state index contributed by atoms with van der Waals surface area (Å²) in [6.07, 6.45) is 7.41. The zero-order valence-electron chi connectivity index (χ0n) is 8.41. The lowest BCUT2D eigenvalue weighted by Crippen LogP contribution is -2.27. The Morgan fingerprint density at radius 2 is 1.85 bits per heavy atom. The molecule has 2 aliphatic rings. The molecule has 76 valence electrons. The van der Waals surface area contributed by atoms with Crippen LogP contribution < -0.4 is 0 Å². The monoisotopic (exact) mass is 184 g/mol. The van der Waals surface area contributed by atoms with Crippen LogP contribution in [0.5, 0.6) is 0 Å². The maximum Gasteiger partial charge on any atom is 0.155 e. The quantitative estimate of drug-likeness (QED) is 0.677. The van der Waals surface area contributed by atoms with Gasteiger partial charge in [0.15, 0.2) is 6.29 Å². The SMILES string of the molecule is CC1CC(O)OC1C1CCCCC1. The van der Waals surface area contributed by atoms with E-state index in [2.05, 4.69) is 6.92 Å². The molecule has 0 amide bonds. The van der Waals surface area contributed by atoms with Crippen LogP contribution in [0.15, 0.2) is 0 Å². The molecule has 1 N–H and O–H groups in total. The van der Waals surface area contributed by atoms with Gasteiger partial charge in [-0.1, -0.05) is 26.2 Å². The van der Waals surface area contributed by atoms with Crippen LogP contribution >= 0.6 is 0 Å². The Bertz CT molecular complexity index is 163. The van der Waals surface area contributed by atoms with Crippen LogP contribution in [0.1, 0.15) is 45.4 Å². The molecule has 2 nitrogen and oxygen atoms in total. The van der Waals surface area contributed by atoms with Crippen molar-refractivity contribution < 1.29 is 9.84 Å². The minimum absolute atomic E-state index is 0.343. The van der Waals surface area contributed by atoms with Gasteiger partial charge in [0, 0.05) is 6.42 Å². The molecule has 13 heavy (non-hydrogen) atoms. The highest BCUT2D eigenvalue weighted by Gasteiger charge is 2.36. The summed E-state index contributed by atoms with van der Waals surface area (Å²) in [6.45, 7) is 2.20. The van der Waals surface area contributed by atoms with Gasteiger partial charge in [-0.3, -0.25) is 0 Å². The topological polar surface area (TPSA) is 29.5 Å². The smallest absolute Gasteiger partial charge is 0.155 e. The first kappa shape index (κ1) is 9.47. The van der Waals surface area contributed by atoms with Crippen molar-refractivity contribution in [1.82, 2.24) is 0 Å². The Balaban J connectivity index is 1.91. The van der Waals surface area contributed by atoms with Gasteiger partial charge in [0.25, 0.3) is 0 Å². The van der Waals surface area contributed by atoms with Gasteiger partial charge in [-0.25, -0.2) is 0 Å². The van der Waals surface area contributed by atoms with Crippen molar-refractivity contribution in [2.75, 3.05) is 0 Å². The first-order valence-electron chi connectivity index (χ1n) is 5.61. The van der Waals surface area contributed by atoms with Crippen LogP contribution in [0.4, 0.5) is 0 Å². The molecule has 3 unspecified atom stereocenters. The summed E-state index contributed by atoms with van der Waals surface area (Å²) in [5.41, 5.74) is 0. The summed E-state index contributed by atoms with van der Waals surface area (Å²) in [6, 6.07) is 0. The fourth-order valence-electron chi connectivity index (χ4n) is 2.86. The van der Waals surface area contributed by atoms with E-state index >= 15 is 0 Å². The summed E-state index contributed by atoms with van der Waals surface area (Å²) in [5, 5.41) is 9.38. The fourth-order valence-corrected chi connectivity index (χ4v) is 2.86. The number of rotatable bonds is 1. The van der Waals surface area contributed by atoms with Crippen molar-refractivity contribution in [3.8, 4) is 0 Å². The minimum Gasteiger partial charge on any atom is -0.368 e. The van der Waals surface area contributed by atoms with Gasteiger partial charge < -0.3 is 9.84 Å². The van der Waals surface area contributed by atoms with E-state index in [1.807, 2.05) is 0 Å². The standard InChI is InChI=1S/C11H20O2/c1-8-7-10(12)13-11(8)9-5-3-2-4-6-9/h8-12H,2-7H2,1H3. The molecule has 2 heteroatoms. The third-order valence-corrected chi connectivity index (χ3v) is 3.56. The van der Waals surface area contributed by atoms with Crippen molar-refractivity contribution in [2.24, 2.45) is 11.8 Å². The van der Waals surface area contributed by atoms with E-state index in [-0.39, 0.29) is 0 Å². The van der Waals surface area contributed by atoms with Gasteiger partial charge in [-0.05, 0) is 24.7 Å². The Labute approximate surface area is 80.3 Å². The van der Waals surface area contributed by atoms with Gasteiger partial charge in [-0.2, -0.15) is 0 Å². The molecule has 2 fully saturated rings. The summed E-state index contributed by atoms with van der Waals surface area (Å²) < 4.78 is 5.57. The van der Waals surface area contributed by atoms with Crippen molar-refractivity contribution in [3.63, 3.8) is 0 Å². The van der Waals surface area contributed by atoms with Crippen LogP contribution in [0, 0.1) is 11.8 Å². The number of ether oxygens (including phenoxy) is 1. The number of hydrogen-bond acceptors (Lipinski definition) is 2. The van der Waals surface area contributed by atoms with E-state index in [1.54, 1.807) is 0 Å². The van der Waals surface area contributed by atoms with Crippen molar-refractivity contribution in [2.45, 2.75) is 57.8 Å². The first-order valence-corrected chi connectivity index (χ1v) is 5.61. The molecule has 0 aromatic carbocycles. The highest BCUT2D eigenvalue weighted by Crippen LogP contribution is 2.37. The number of aliphatic hydroxyl groups excluding tert-OH is 1. The maximum absolute atomic E-state index is 9.38. The van der Waals surface area contributed by atoms with Gasteiger partial charge in [0.2, 0.25) is 0 Å². The summed E-state index contributed by atoms with van der Waals surface area (Å²) in [7, 11) is 0. The molecule has 1 saturated heterocycles. The van der Waals surface area contributed by atoms with E-state index in [0.717, 1.165) is 12.3 Å². The first-order chi connectivity index (χ1) is 6.27. The Kier molecular flexibility index (Phi) is 2.89. The number of aliphatic hydroxyl groups is 1. The second kappa shape index (κ2) is 3.97. The maximum atomic E-state index is 9.38. The zero-order chi connectivity index (χ0) is 9.26. The Morgan fingerprint density at radius 1 is 1.15 bits per heavy atom. The molecule has 1 heterocycles. The van der Waals surface area contributed by atoms with Crippen molar-refractivity contribution >= 4 is 0 Å². The predicted octanol–water partition coefficient (Wildman–Crippen LogP) is 2.31. The van der Waals surface area contributed by atoms with Gasteiger partial charge in [0.05, 0.1) is 6.10 Å². The largest absolute Gasteiger partial charge is 0.368 e. The van der Waals surface area contributed by atoms with Crippen molar-refractivity contribution in [1.29, 1.82) is 0 Å². The molecular formula is C11H20O2. The average Bonchev–Trinajstić information content (AvgIpc) is 2.47. The summed E-state index contributed by atoms with van der Waals surface area (Å²) in [5.74, 6) is 1.28. The molecule has 1 aliphatic heterocycles. The van der Waals surface area contributed by atoms with E-state index in [4.69, 9.17) is 4.74 Å². The normalized spacial score (nSPS) is 42.5. The van der Waals surface area contributed by atoms with E-state index in [1.165, 1.54) is 32.1 Å². The number of hydrogen-bond donors (Lipinski definition) is 1. The van der Waals surface area contributed by atoms with Crippen LogP contribution in [0.2, 0.25) is 0 Å². The van der Waals surface area contributed by atoms with Gasteiger partial charge in [0.1, 0.15) is 0 Å². The summed E-state index contributed by atoms with van der Waals surface area (Å²) in [4.78, 5) is 0. The minimum atomic E-state index is -0.484. The van der Waals surface area contributed by atoms with E-state index in [9.17, 15) is 5.11 Å². The third-order valence-electron chi connectivity index (χ3n) is 3.56. The van der Waals surface area contributed by atoms with Crippen LogP contribution in [0.3, 0.4) is 0 Å². The molecular weight excluding hydrogens is 164 g/mol. The molecule has 1 saturated carbocycles. The Hall–Kier alpha value is -0.0800. The molecule has 0 aromatic rings. The van der Waals surface area contributed by atoms with Crippen LogP contribution in [-0.4, -0.2) is 17.5 Å². The molecule has 0 aromatic heterocycles. The second-order valence-electron chi connectivity index (χ2n) is 4.67. The zero-order valence-corrected chi connectivity index (χ0v) is 8.41. The average molecular weight is 184 g/mol. The molecule has 1 aliphatic carbocycles. The fraction of sp³-hybridized carbons (Fsp3) is 1.00. The lowest BCUT2D eigenvalue weighted by molar-refractivity contribution is -0.111. The molecule has 2 rings (SSSR count). The lowest BCUT2D eigenvalue weighted by Gasteiger charge is -2.29. The van der Waals surface area contributed by atoms with Crippen LogP contribution in [0.25, 0.3) is 0 Å². The highest BCUT2D eigenvalue weighted by atomic mass is 16.6. The highest BCUT2D eigenvalue weighted by molar-refractivity contribution is 4.83. The van der Waals surface area contributed by atoms with Crippen LogP contribution in [-0.2, 0) is 4.74 Å². The molecule has 0 spiro atoms. The lowest BCUT2D eigenvalue weighted by atomic mass is 9.81. The second-order valence-corrected chi connectivity index (χ2v) is 4.67. The molecule has 3 atom stereocenters. The van der Waals surface area contributed by atoms with Gasteiger partial charge >= 0.3 is 0 Å². The van der Waals surface area contributed by atoms with E-state index in [0.29, 0.717) is 12.0 Å². The molecule has 0 radical (unpaired) electrons. The Morgan fingerprint density at radius 3 is 2.38 bits per heavy atom.